The number of likely N-dealkylation sites (tertiary alicyclic amines) is 1. The highest BCUT2D eigenvalue weighted by molar-refractivity contribution is 7.99. The van der Waals surface area contributed by atoms with E-state index in [-0.39, 0.29) is 18.4 Å². The van der Waals surface area contributed by atoms with E-state index in [0.29, 0.717) is 17.1 Å². The Kier molecular flexibility index (Phi) is 8.30. The Bertz CT molecular complexity index is 1020. The van der Waals surface area contributed by atoms with E-state index in [0.717, 1.165) is 67.5 Å². The minimum Gasteiger partial charge on any atom is -0.380 e. The standard InChI is InChI=1S/C25H32F3N5S.ClH/c26-25(27,28)17-14-21(30-18-6-11-32(12-7-18)13-8-29)24-23(15-17)34-22-16-19(4-5-20(22)31-24)33-9-2-1-3-10-33;/h4-5,14-16,18,30-31H,1-3,6-13,29H2;1H. The van der Waals surface area contributed by atoms with Crippen LogP contribution in [0.4, 0.5) is 35.9 Å². The Morgan fingerprint density at radius 1 is 1.00 bits per heavy atom. The highest BCUT2D eigenvalue weighted by Crippen LogP contribution is 2.50. The van der Waals surface area contributed by atoms with Crippen LogP contribution in [-0.2, 0) is 6.18 Å². The smallest absolute Gasteiger partial charge is 0.380 e. The highest BCUT2D eigenvalue weighted by Gasteiger charge is 2.34. The van der Waals surface area contributed by atoms with Crippen LogP contribution in [0.15, 0.2) is 40.1 Å². The molecule has 10 heteroatoms. The lowest BCUT2D eigenvalue weighted by Gasteiger charge is -2.34. The number of hydrogen-bond donors (Lipinski definition) is 3. The van der Waals surface area contributed by atoms with Crippen LogP contribution < -0.4 is 21.3 Å². The van der Waals surface area contributed by atoms with E-state index in [4.69, 9.17) is 5.73 Å². The lowest BCUT2D eigenvalue weighted by Crippen LogP contribution is -2.41. The normalized spacial score (nSPS) is 18.8. The van der Waals surface area contributed by atoms with Gasteiger partial charge in [-0.2, -0.15) is 13.2 Å². The second kappa shape index (κ2) is 11.1. The maximum atomic E-state index is 13.8. The molecule has 192 valence electrons. The first-order chi connectivity index (χ1) is 16.4. The van der Waals surface area contributed by atoms with Gasteiger partial charge in [0.1, 0.15) is 0 Å². The quantitative estimate of drug-likeness (QED) is 0.369. The van der Waals surface area contributed by atoms with E-state index >= 15 is 0 Å². The van der Waals surface area contributed by atoms with E-state index < -0.39 is 11.7 Å². The SMILES string of the molecule is Cl.NCCN1CCC(Nc2cc(C(F)(F)F)cc3c2Nc2ccc(N4CCCCC4)cc2S3)CC1. The maximum absolute atomic E-state index is 13.8. The molecule has 3 aliphatic heterocycles. The summed E-state index contributed by atoms with van der Waals surface area (Å²) in [4.78, 5) is 6.26. The van der Waals surface area contributed by atoms with Crippen LogP contribution >= 0.6 is 24.2 Å². The second-order valence-electron chi connectivity index (χ2n) is 9.40. The maximum Gasteiger partial charge on any atom is 0.416 e. The molecule has 35 heavy (non-hydrogen) atoms. The lowest BCUT2D eigenvalue weighted by molar-refractivity contribution is -0.137. The summed E-state index contributed by atoms with van der Waals surface area (Å²) in [5.74, 6) is 0. The Balaban J connectivity index is 0.00000289. The van der Waals surface area contributed by atoms with Gasteiger partial charge in [0.2, 0.25) is 0 Å². The summed E-state index contributed by atoms with van der Waals surface area (Å²) in [5.41, 5.74) is 8.41. The van der Waals surface area contributed by atoms with E-state index in [1.54, 1.807) is 0 Å². The number of hydrogen-bond acceptors (Lipinski definition) is 6. The van der Waals surface area contributed by atoms with Crippen molar-refractivity contribution in [2.75, 3.05) is 54.8 Å². The van der Waals surface area contributed by atoms with Gasteiger partial charge in [-0.05, 0) is 62.4 Å². The minimum absolute atomic E-state index is 0. The molecule has 2 saturated heterocycles. The molecule has 5 nitrogen and oxygen atoms in total. The van der Waals surface area contributed by atoms with Crippen molar-refractivity contribution in [2.24, 2.45) is 5.73 Å². The Hall–Kier alpha value is -1.81. The van der Waals surface area contributed by atoms with Crippen LogP contribution in [0.1, 0.15) is 37.7 Å². The zero-order chi connectivity index (χ0) is 23.7. The molecule has 0 unspecified atom stereocenters. The molecule has 2 aromatic carbocycles. The highest BCUT2D eigenvalue weighted by atomic mass is 35.5. The Morgan fingerprint density at radius 3 is 2.43 bits per heavy atom. The predicted molar refractivity (Wildman–Crippen MR) is 141 cm³/mol. The number of benzene rings is 2. The fourth-order valence-corrected chi connectivity index (χ4v) is 6.20. The summed E-state index contributed by atoms with van der Waals surface area (Å²) >= 11 is 1.42. The van der Waals surface area contributed by atoms with Crippen molar-refractivity contribution < 1.29 is 13.2 Å². The first kappa shape index (κ1) is 26.3. The van der Waals surface area contributed by atoms with Gasteiger partial charge in [0.25, 0.3) is 0 Å². The van der Waals surface area contributed by atoms with Gasteiger partial charge >= 0.3 is 6.18 Å². The molecule has 0 saturated carbocycles. The number of fused-ring (bicyclic) bond motifs is 2. The molecular formula is C25H33ClF3N5S. The number of piperidine rings is 2. The van der Waals surface area contributed by atoms with Crippen molar-refractivity contribution in [3.05, 3.63) is 35.9 Å². The van der Waals surface area contributed by atoms with Crippen molar-refractivity contribution in [3.8, 4) is 0 Å². The van der Waals surface area contributed by atoms with Gasteiger partial charge in [-0.15, -0.1) is 12.4 Å². The number of anilines is 4. The summed E-state index contributed by atoms with van der Waals surface area (Å²) < 4.78 is 41.3. The van der Waals surface area contributed by atoms with Crippen molar-refractivity contribution in [2.45, 2.75) is 54.1 Å². The third kappa shape index (κ3) is 5.96. The third-order valence-corrected chi connectivity index (χ3v) is 8.09. The zero-order valence-corrected chi connectivity index (χ0v) is 21.3. The summed E-state index contributed by atoms with van der Waals surface area (Å²) in [6.07, 6.45) is 0.988. The molecule has 5 rings (SSSR count). The van der Waals surface area contributed by atoms with E-state index in [2.05, 4.69) is 38.6 Å². The van der Waals surface area contributed by atoms with Gasteiger partial charge in [0.05, 0.1) is 22.6 Å². The molecule has 0 spiro atoms. The molecule has 3 heterocycles. The molecule has 0 aliphatic carbocycles. The fraction of sp³-hybridized carbons (Fsp3) is 0.520. The van der Waals surface area contributed by atoms with Gasteiger partial charge in [0.15, 0.2) is 0 Å². The lowest BCUT2D eigenvalue weighted by atomic mass is 10.0. The van der Waals surface area contributed by atoms with Crippen LogP contribution in [0, 0.1) is 0 Å². The summed E-state index contributed by atoms with van der Waals surface area (Å²) in [5, 5.41) is 6.88. The van der Waals surface area contributed by atoms with Crippen LogP contribution in [0.5, 0.6) is 0 Å². The molecule has 4 N–H and O–H groups in total. The van der Waals surface area contributed by atoms with Crippen molar-refractivity contribution in [1.82, 2.24) is 4.90 Å². The van der Waals surface area contributed by atoms with Gasteiger partial charge in [-0.25, -0.2) is 0 Å². The van der Waals surface area contributed by atoms with Crippen LogP contribution in [0.3, 0.4) is 0 Å². The zero-order valence-electron chi connectivity index (χ0n) is 19.7. The van der Waals surface area contributed by atoms with Crippen LogP contribution in [0.25, 0.3) is 0 Å². The monoisotopic (exact) mass is 527 g/mol. The molecule has 2 aromatic rings. The summed E-state index contributed by atoms with van der Waals surface area (Å²) in [7, 11) is 0. The molecule has 0 bridgehead atoms. The number of alkyl halides is 3. The first-order valence-corrected chi connectivity index (χ1v) is 13.0. The van der Waals surface area contributed by atoms with Gasteiger partial charge < -0.3 is 26.2 Å². The summed E-state index contributed by atoms with van der Waals surface area (Å²) in [6.45, 7) is 5.35. The fourth-order valence-electron chi connectivity index (χ4n) is 5.11. The average molecular weight is 528 g/mol. The predicted octanol–water partition coefficient (Wildman–Crippen LogP) is 6.16. The largest absolute Gasteiger partial charge is 0.416 e. The molecule has 3 aliphatic rings. The second-order valence-corrected chi connectivity index (χ2v) is 10.5. The number of nitrogens with two attached hydrogens (primary N) is 1. The van der Waals surface area contributed by atoms with E-state index in [9.17, 15) is 13.2 Å². The molecular weight excluding hydrogens is 495 g/mol. The summed E-state index contributed by atoms with van der Waals surface area (Å²) in [6, 6.07) is 8.96. The van der Waals surface area contributed by atoms with Crippen molar-refractivity contribution in [1.29, 1.82) is 0 Å². The van der Waals surface area contributed by atoms with Gasteiger partial charge in [-0.1, -0.05) is 11.8 Å². The van der Waals surface area contributed by atoms with E-state index in [1.807, 2.05) is 0 Å². The number of rotatable bonds is 5. The molecule has 0 aromatic heterocycles. The van der Waals surface area contributed by atoms with E-state index in [1.165, 1.54) is 43.2 Å². The van der Waals surface area contributed by atoms with Crippen molar-refractivity contribution in [3.63, 3.8) is 0 Å². The molecule has 2 fully saturated rings. The Labute approximate surface area is 215 Å². The molecule has 0 radical (unpaired) electrons. The minimum atomic E-state index is -4.40. The third-order valence-electron chi connectivity index (χ3n) is 6.99. The Morgan fingerprint density at radius 2 is 1.74 bits per heavy atom. The van der Waals surface area contributed by atoms with Crippen LogP contribution in [-0.4, -0.2) is 50.2 Å². The first-order valence-electron chi connectivity index (χ1n) is 12.2. The molecule has 0 amide bonds. The topological polar surface area (TPSA) is 56.6 Å². The molecule has 0 atom stereocenters. The van der Waals surface area contributed by atoms with Gasteiger partial charge in [-0.3, -0.25) is 0 Å². The van der Waals surface area contributed by atoms with Crippen molar-refractivity contribution >= 4 is 46.9 Å². The van der Waals surface area contributed by atoms with Crippen LogP contribution in [0.2, 0.25) is 0 Å². The average Bonchev–Trinajstić information content (AvgIpc) is 2.84. The number of nitrogens with one attached hydrogen (secondary N) is 2. The number of halogens is 4. The van der Waals surface area contributed by atoms with Gasteiger partial charge in [0, 0.05) is 60.8 Å². The number of nitrogens with zero attached hydrogens (tertiary/aromatic N) is 2.